The van der Waals surface area contributed by atoms with Crippen LogP contribution in [0.3, 0.4) is 0 Å². The van der Waals surface area contributed by atoms with Crippen LogP contribution in [0.5, 0.6) is 0 Å². The predicted octanol–water partition coefficient (Wildman–Crippen LogP) is 4.95. The Kier molecular flexibility index (Phi) is 4.62. The van der Waals surface area contributed by atoms with Crippen LogP contribution in [0.15, 0.2) is 56.6 Å². The van der Waals surface area contributed by atoms with Crippen molar-refractivity contribution in [3.05, 3.63) is 51.4 Å². The van der Waals surface area contributed by atoms with Gasteiger partial charge < -0.3 is 5.32 Å². The fraction of sp³-hybridized carbons (Fsp3) is 0.143. The van der Waals surface area contributed by atoms with Gasteiger partial charge in [0.2, 0.25) is 0 Å². The highest BCUT2D eigenvalue weighted by atomic mass is 79.9. The smallest absolute Gasteiger partial charge is 0.188 e. The minimum atomic E-state index is 0.271. The van der Waals surface area contributed by atoms with Crippen molar-refractivity contribution >= 4 is 44.7 Å². The second-order valence-corrected chi connectivity index (χ2v) is 7.28. The molecule has 3 aromatic rings. The third-order valence-corrected chi connectivity index (χ3v) is 5.83. The highest BCUT2D eigenvalue weighted by Gasteiger charge is 2.10. The number of nitrogens with zero attached hydrogens (tertiary/aromatic N) is 2. The molecule has 0 spiro atoms. The molecule has 0 saturated carbocycles. The van der Waals surface area contributed by atoms with Crippen LogP contribution in [-0.4, -0.2) is 15.2 Å². The number of rotatable bonds is 5. The second-order valence-electron chi connectivity index (χ2n) is 4.42. The van der Waals surface area contributed by atoms with Gasteiger partial charge in [-0.1, -0.05) is 11.8 Å². The maximum Gasteiger partial charge on any atom is 0.188 e. The standard InChI is InChI=1S/C14H13BrN4S2/c1-9(13-12(15)6-7-20-13)18-10-2-4-11(5-3-10)21-14-16-8-17-19-14/h2-9,18H,1H3,(H,16,17,19). The van der Waals surface area contributed by atoms with Crippen LogP contribution < -0.4 is 5.32 Å². The van der Waals surface area contributed by atoms with Crippen LogP contribution >= 0.6 is 39.0 Å². The first-order valence-corrected chi connectivity index (χ1v) is 8.84. The Balaban J connectivity index is 1.66. The number of nitrogens with one attached hydrogen (secondary N) is 2. The number of aromatic amines is 1. The van der Waals surface area contributed by atoms with Crippen molar-refractivity contribution in [2.75, 3.05) is 5.32 Å². The molecule has 1 atom stereocenters. The van der Waals surface area contributed by atoms with E-state index in [1.807, 2.05) is 0 Å². The zero-order valence-electron chi connectivity index (χ0n) is 11.2. The third-order valence-electron chi connectivity index (χ3n) is 2.88. The van der Waals surface area contributed by atoms with E-state index in [9.17, 15) is 0 Å². The molecule has 2 aromatic heterocycles. The summed E-state index contributed by atoms with van der Waals surface area (Å²) in [4.78, 5) is 6.53. The van der Waals surface area contributed by atoms with Crippen LogP contribution in [-0.2, 0) is 0 Å². The van der Waals surface area contributed by atoms with E-state index in [1.54, 1.807) is 23.1 Å². The Labute approximate surface area is 139 Å². The fourth-order valence-corrected chi connectivity index (χ4v) is 4.32. The lowest BCUT2D eigenvalue weighted by atomic mass is 10.2. The van der Waals surface area contributed by atoms with Gasteiger partial charge in [-0.2, -0.15) is 5.10 Å². The average Bonchev–Trinajstić information content (AvgIpc) is 3.12. The van der Waals surface area contributed by atoms with Gasteiger partial charge in [0.1, 0.15) is 6.33 Å². The summed E-state index contributed by atoms with van der Waals surface area (Å²) in [7, 11) is 0. The minimum absolute atomic E-state index is 0.271. The lowest BCUT2D eigenvalue weighted by Gasteiger charge is -2.14. The summed E-state index contributed by atoms with van der Waals surface area (Å²) in [5, 5.41) is 13.1. The summed E-state index contributed by atoms with van der Waals surface area (Å²) >= 11 is 6.89. The molecule has 0 aliphatic heterocycles. The maximum atomic E-state index is 4.10. The van der Waals surface area contributed by atoms with E-state index in [0.29, 0.717) is 0 Å². The van der Waals surface area contributed by atoms with Gasteiger partial charge in [-0.3, -0.25) is 5.10 Å². The van der Waals surface area contributed by atoms with Crippen LogP contribution in [0.1, 0.15) is 17.8 Å². The van der Waals surface area contributed by atoms with Gasteiger partial charge in [0, 0.05) is 19.9 Å². The van der Waals surface area contributed by atoms with Crippen molar-refractivity contribution < 1.29 is 0 Å². The summed E-state index contributed by atoms with van der Waals surface area (Å²) in [6.45, 7) is 2.16. The van der Waals surface area contributed by atoms with Crippen molar-refractivity contribution in [1.29, 1.82) is 0 Å². The van der Waals surface area contributed by atoms with Gasteiger partial charge >= 0.3 is 0 Å². The number of halogens is 1. The number of benzene rings is 1. The number of thiophene rings is 1. The highest BCUT2D eigenvalue weighted by molar-refractivity contribution is 9.10. The molecule has 3 rings (SSSR count). The summed E-state index contributed by atoms with van der Waals surface area (Å²) in [5.74, 6) is 0. The van der Waals surface area contributed by atoms with Gasteiger partial charge in [-0.15, -0.1) is 11.3 Å². The molecule has 4 nitrogen and oxygen atoms in total. The highest BCUT2D eigenvalue weighted by Crippen LogP contribution is 2.32. The molecule has 0 amide bonds. The zero-order valence-corrected chi connectivity index (χ0v) is 14.4. The number of hydrogen-bond donors (Lipinski definition) is 2. The van der Waals surface area contributed by atoms with E-state index in [2.05, 4.69) is 79.1 Å². The molecular weight excluding hydrogens is 368 g/mol. The van der Waals surface area contributed by atoms with Crippen molar-refractivity contribution in [3.8, 4) is 0 Å². The monoisotopic (exact) mass is 380 g/mol. The van der Waals surface area contributed by atoms with E-state index in [0.717, 1.165) is 20.2 Å². The molecule has 1 unspecified atom stereocenters. The molecule has 0 saturated heterocycles. The lowest BCUT2D eigenvalue weighted by Crippen LogP contribution is -2.05. The topological polar surface area (TPSA) is 53.6 Å². The van der Waals surface area contributed by atoms with E-state index in [1.165, 1.54) is 11.2 Å². The Morgan fingerprint density at radius 1 is 1.29 bits per heavy atom. The Bertz CT molecular complexity index is 694. The molecule has 108 valence electrons. The molecule has 0 aliphatic rings. The molecule has 2 N–H and O–H groups in total. The Hall–Kier alpha value is -1.31. The molecule has 0 fully saturated rings. The number of aromatic nitrogens is 3. The first-order chi connectivity index (χ1) is 10.2. The van der Waals surface area contributed by atoms with E-state index in [4.69, 9.17) is 0 Å². The molecule has 1 aromatic carbocycles. The van der Waals surface area contributed by atoms with E-state index >= 15 is 0 Å². The molecule has 0 radical (unpaired) electrons. The van der Waals surface area contributed by atoms with Gasteiger partial charge in [0.15, 0.2) is 5.16 Å². The number of anilines is 1. The SMILES string of the molecule is CC(Nc1ccc(Sc2ncn[nH]2)cc1)c1sccc1Br. The molecule has 21 heavy (non-hydrogen) atoms. The van der Waals surface area contributed by atoms with Gasteiger partial charge in [0.05, 0.1) is 6.04 Å². The summed E-state index contributed by atoms with van der Waals surface area (Å²) in [5.41, 5.74) is 1.10. The predicted molar refractivity (Wildman–Crippen MR) is 91.0 cm³/mol. The second kappa shape index (κ2) is 6.64. The largest absolute Gasteiger partial charge is 0.378 e. The Morgan fingerprint density at radius 3 is 2.71 bits per heavy atom. The van der Waals surface area contributed by atoms with E-state index in [-0.39, 0.29) is 6.04 Å². The van der Waals surface area contributed by atoms with Gasteiger partial charge in [-0.25, -0.2) is 4.98 Å². The van der Waals surface area contributed by atoms with Crippen LogP contribution in [0.4, 0.5) is 5.69 Å². The average molecular weight is 381 g/mol. The Morgan fingerprint density at radius 2 is 2.10 bits per heavy atom. The lowest BCUT2D eigenvalue weighted by molar-refractivity contribution is 0.903. The first kappa shape index (κ1) is 14.6. The van der Waals surface area contributed by atoms with Crippen molar-refractivity contribution in [2.24, 2.45) is 0 Å². The van der Waals surface area contributed by atoms with Crippen molar-refractivity contribution in [1.82, 2.24) is 15.2 Å². The quantitative estimate of drug-likeness (QED) is 0.656. The zero-order chi connectivity index (χ0) is 14.7. The number of H-pyrrole nitrogens is 1. The summed E-state index contributed by atoms with van der Waals surface area (Å²) in [6, 6.07) is 10.7. The first-order valence-electron chi connectivity index (χ1n) is 6.35. The van der Waals surface area contributed by atoms with E-state index < -0.39 is 0 Å². The maximum absolute atomic E-state index is 4.10. The molecular formula is C14H13BrN4S2. The van der Waals surface area contributed by atoms with Gasteiger partial charge in [0.25, 0.3) is 0 Å². The van der Waals surface area contributed by atoms with Crippen LogP contribution in [0.2, 0.25) is 0 Å². The van der Waals surface area contributed by atoms with Gasteiger partial charge in [-0.05, 0) is 58.6 Å². The normalized spacial score (nSPS) is 12.3. The fourth-order valence-electron chi connectivity index (χ4n) is 1.90. The summed E-state index contributed by atoms with van der Waals surface area (Å²) in [6.07, 6.45) is 1.51. The molecule has 0 aliphatic carbocycles. The third kappa shape index (κ3) is 3.66. The van der Waals surface area contributed by atoms with Crippen LogP contribution in [0.25, 0.3) is 0 Å². The molecule has 2 heterocycles. The molecule has 7 heteroatoms. The molecule has 0 bridgehead atoms. The summed E-state index contributed by atoms with van der Waals surface area (Å²) < 4.78 is 1.16. The van der Waals surface area contributed by atoms with Crippen LogP contribution in [0, 0.1) is 0 Å². The van der Waals surface area contributed by atoms with Crippen molar-refractivity contribution in [2.45, 2.75) is 23.0 Å². The van der Waals surface area contributed by atoms with Crippen molar-refractivity contribution in [3.63, 3.8) is 0 Å². The number of hydrogen-bond acceptors (Lipinski definition) is 5. The minimum Gasteiger partial charge on any atom is -0.378 e.